The molecule has 4 aromatic rings. The van der Waals surface area contributed by atoms with Gasteiger partial charge in [-0.05, 0) is 30.7 Å². The molecule has 7 heteroatoms. The number of fused-ring (bicyclic) bond motifs is 1. The topological polar surface area (TPSA) is 69.1 Å². The van der Waals surface area contributed by atoms with Crippen LogP contribution in [0.2, 0.25) is 0 Å². The maximum absolute atomic E-state index is 5.46. The van der Waals surface area contributed by atoms with Crippen LogP contribution >= 0.6 is 15.9 Å². The molecule has 24 heavy (non-hydrogen) atoms. The third-order valence-corrected chi connectivity index (χ3v) is 4.39. The second-order valence-electron chi connectivity index (χ2n) is 5.63. The lowest BCUT2D eigenvalue weighted by atomic mass is 10.0. The van der Waals surface area contributed by atoms with E-state index in [4.69, 9.17) is 4.52 Å². The average Bonchev–Trinajstić information content (AvgIpc) is 3.19. The highest BCUT2D eigenvalue weighted by atomic mass is 79.9. The van der Waals surface area contributed by atoms with Gasteiger partial charge in [0, 0.05) is 22.8 Å². The van der Waals surface area contributed by atoms with Crippen molar-refractivity contribution >= 4 is 21.4 Å². The number of aryl methyl sites for hydroxylation is 1. The molecule has 0 saturated heterocycles. The Kier molecular flexibility index (Phi) is 3.65. The van der Waals surface area contributed by atoms with Crippen LogP contribution < -0.4 is 0 Å². The number of halogens is 1. The third kappa shape index (κ3) is 2.60. The molecular formula is C17H14BrN5O. The van der Waals surface area contributed by atoms with Gasteiger partial charge in [-0.25, -0.2) is 9.50 Å². The van der Waals surface area contributed by atoms with Crippen molar-refractivity contribution in [3.63, 3.8) is 0 Å². The van der Waals surface area contributed by atoms with E-state index in [1.165, 1.54) is 0 Å². The fourth-order valence-electron chi connectivity index (χ4n) is 2.64. The molecule has 1 atom stereocenters. The lowest BCUT2D eigenvalue weighted by Crippen LogP contribution is -1.98. The monoisotopic (exact) mass is 383 g/mol. The summed E-state index contributed by atoms with van der Waals surface area (Å²) < 4.78 is 8.25. The molecule has 1 aromatic carbocycles. The number of nitrogens with zero attached hydrogens (tertiary/aromatic N) is 5. The van der Waals surface area contributed by atoms with Crippen molar-refractivity contribution in [3.05, 3.63) is 64.3 Å². The third-order valence-electron chi connectivity index (χ3n) is 3.89. The van der Waals surface area contributed by atoms with Crippen molar-refractivity contribution < 1.29 is 4.52 Å². The van der Waals surface area contributed by atoms with Gasteiger partial charge in [0.2, 0.25) is 0 Å². The molecule has 0 aliphatic carbocycles. The predicted octanol–water partition coefficient (Wildman–Crippen LogP) is 4.00. The summed E-state index contributed by atoms with van der Waals surface area (Å²) >= 11 is 3.49. The molecule has 1 unspecified atom stereocenters. The van der Waals surface area contributed by atoms with Crippen LogP contribution in [0, 0.1) is 6.92 Å². The Morgan fingerprint density at radius 3 is 2.96 bits per heavy atom. The molecule has 0 N–H and O–H groups in total. The highest BCUT2D eigenvalue weighted by molar-refractivity contribution is 9.10. The smallest absolute Gasteiger partial charge is 0.278 e. The first kappa shape index (κ1) is 15.0. The SMILES string of the molecule is Cc1cc2c(-c3nc(C(C)c4cccc(Br)c4)no3)nccn2n1. The minimum Gasteiger partial charge on any atom is -0.332 e. The zero-order valence-corrected chi connectivity index (χ0v) is 14.7. The zero-order valence-electron chi connectivity index (χ0n) is 13.1. The van der Waals surface area contributed by atoms with Gasteiger partial charge in [-0.2, -0.15) is 10.1 Å². The Morgan fingerprint density at radius 2 is 2.12 bits per heavy atom. The summed E-state index contributed by atoms with van der Waals surface area (Å²) in [4.78, 5) is 8.93. The molecule has 0 aliphatic rings. The van der Waals surface area contributed by atoms with E-state index in [-0.39, 0.29) is 5.92 Å². The number of hydrogen-bond acceptors (Lipinski definition) is 5. The van der Waals surface area contributed by atoms with E-state index in [1.807, 2.05) is 38.1 Å². The van der Waals surface area contributed by atoms with Crippen LogP contribution in [-0.4, -0.2) is 24.7 Å². The van der Waals surface area contributed by atoms with Gasteiger partial charge in [-0.3, -0.25) is 0 Å². The number of hydrogen-bond donors (Lipinski definition) is 0. The van der Waals surface area contributed by atoms with Crippen LogP contribution in [0.5, 0.6) is 0 Å². The fourth-order valence-corrected chi connectivity index (χ4v) is 3.06. The summed E-state index contributed by atoms with van der Waals surface area (Å²) in [6.07, 6.45) is 3.48. The molecule has 0 saturated carbocycles. The van der Waals surface area contributed by atoms with Gasteiger partial charge in [-0.15, -0.1) is 0 Å². The van der Waals surface area contributed by atoms with Gasteiger partial charge in [-0.1, -0.05) is 40.1 Å². The van der Waals surface area contributed by atoms with Gasteiger partial charge in [0.25, 0.3) is 5.89 Å². The first-order chi connectivity index (χ1) is 11.6. The lowest BCUT2D eigenvalue weighted by molar-refractivity contribution is 0.419. The van der Waals surface area contributed by atoms with Gasteiger partial charge in [0.1, 0.15) is 0 Å². The quantitative estimate of drug-likeness (QED) is 0.534. The maximum atomic E-state index is 5.46. The summed E-state index contributed by atoms with van der Waals surface area (Å²) in [5, 5.41) is 8.52. The van der Waals surface area contributed by atoms with Crippen molar-refractivity contribution in [2.75, 3.05) is 0 Å². The highest BCUT2D eigenvalue weighted by Gasteiger charge is 2.19. The molecule has 0 radical (unpaired) electrons. The van der Waals surface area contributed by atoms with E-state index in [0.29, 0.717) is 17.4 Å². The van der Waals surface area contributed by atoms with Crippen LogP contribution in [0.1, 0.15) is 29.9 Å². The predicted molar refractivity (Wildman–Crippen MR) is 92.7 cm³/mol. The first-order valence-electron chi connectivity index (χ1n) is 7.52. The number of benzene rings is 1. The van der Waals surface area contributed by atoms with E-state index in [2.05, 4.69) is 42.2 Å². The Hall–Kier alpha value is -2.54. The largest absolute Gasteiger partial charge is 0.332 e. The van der Waals surface area contributed by atoms with E-state index >= 15 is 0 Å². The second-order valence-corrected chi connectivity index (χ2v) is 6.54. The van der Waals surface area contributed by atoms with Crippen molar-refractivity contribution in [3.8, 4) is 11.6 Å². The lowest BCUT2D eigenvalue weighted by Gasteiger charge is -2.07. The summed E-state index contributed by atoms with van der Waals surface area (Å²) in [5.74, 6) is 1.05. The second kappa shape index (κ2) is 5.83. The Balaban J connectivity index is 1.74. The van der Waals surface area contributed by atoms with Gasteiger partial charge in [0.05, 0.1) is 11.2 Å². The minimum absolute atomic E-state index is 0.0198. The van der Waals surface area contributed by atoms with Crippen LogP contribution in [0.25, 0.3) is 17.1 Å². The van der Waals surface area contributed by atoms with Crippen LogP contribution in [0.15, 0.2) is 51.7 Å². The van der Waals surface area contributed by atoms with Crippen molar-refractivity contribution in [1.29, 1.82) is 0 Å². The summed E-state index contributed by atoms with van der Waals surface area (Å²) in [6.45, 7) is 3.98. The highest BCUT2D eigenvalue weighted by Crippen LogP contribution is 2.27. The Morgan fingerprint density at radius 1 is 1.25 bits per heavy atom. The van der Waals surface area contributed by atoms with Crippen molar-refractivity contribution in [1.82, 2.24) is 24.7 Å². The van der Waals surface area contributed by atoms with Crippen molar-refractivity contribution in [2.45, 2.75) is 19.8 Å². The summed E-state index contributed by atoms with van der Waals surface area (Å²) in [5.41, 5.74) is 3.51. The van der Waals surface area contributed by atoms with Crippen LogP contribution in [-0.2, 0) is 0 Å². The molecular weight excluding hydrogens is 370 g/mol. The van der Waals surface area contributed by atoms with Gasteiger partial charge in [0.15, 0.2) is 11.5 Å². The zero-order chi connectivity index (χ0) is 16.7. The maximum Gasteiger partial charge on any atom is 0.278 e. The standard InChI is InChI=1S/C17H14BrN5O/c1-10-8-14-15(19-6-7-23(14)21-10)17-20-16(22-24-17)11(2)12-4-3-5-13(18)9-12/h3-9,11H,1-2H3. The van der Waals surface area contributed by atoms with Gasteiger partial charge >= 0.3 is 0 Å². The molecule has 3 heterocycles. The molecule has 0 aliphatic heterocycles. The molecule has 0 bridgehead atoms. The van der Waals surface area contributed by atoms with E-state index in [1.54, 1.807) is 16.9 Å². The molecule has 0 fully saturated rings. The minimum atomic E-state index is 0.0198. The van der Waals surface area contributed by atoms with Crippen LogP contribution in [0.4, 0.5) is 0 Å². The molecule has 3 aromatic heterocycles. The molecule has 6 nitrogen and oxygen atoms in total. The summed E-state index contributed by atoms with van der Waals surface area (Å²) in [6, 6.07) is 10.0. The van der Waals surface area contributed by atoms with E-state index < -0.39 is 0 Å². The van der Waals surface area contributed by atoms with Gasteiger partial charge < -0.3 is 4.52 Å². The average molecular weight is 384 g/mol. The Bertz CT molecular complexity index is 1020. The fraction of sp³-hybridized carbons (Fsp3) is 0.176. The van der Waals surface area contributed by atoms with Crippen molar-refractivity contribution in [2.24, 2.45) is 0 Å². The van der Waals surface area contributed by atoms with Crippen LogP contribution in [0.3, 0.4) is 0 Å². The first-order valence-corrected chi connectivity index (χ1v) is 8.31. The molecule has 0 spiro atoms. The Labute approximate surface area is 146 Å². The van der Waals surface area contributed by atoms with E-state index in [9.17, 15) is 0 Å². The summed E-state index contributed by atoms with van der Waals surface area (Å²) in [7, 11) is 0. The molecule has 120 valence electrons. The van der Waals surface area contributed by atoms with E-state index in [0.717, 1.165) is 21.2 Å². The molecule has 4 rings (SSSR count). The number of rotatable bonds is 3. The normalized spacial score (nSPS) is 12.6. The number of aromatic nitrogens is 5. The molecule has 0 amide bonds.